The average Bonchev–Trinajstić information content (AvgIpc) is 3.55. The number of alkyl carbamates (subject to hydrolysis) is 1. The van der Waals surface area contributed by atoms with Gasteiger partial charge in [-0.15, -0.1) is 0 Å². The first-order valence-electron chi connectivity index (χ1n) is 13.0. The van der Waals surface area contributed by atoms with Crippen molar-refractivity contribution >= 4 is 22.9 Å². The molecule has 8 nitrogen and oxygen atoms in total. The first kappa shape index (κ1) is 25.3. The van der Waals surface area contributed by atoms with Gasteiger partial charge in [-0.3, -0.25) is 9.69 Å². The van der Waals surface area contributed by atoms with Crippen LogP contribution in [0.1, 0.15) is 49.7 Å². The summed E-state index contributed by atoms with van der Waals surface area (Å²) in [4.78, 5) is 29.2. The molecule has 2 aliphatic rings. The minimum absolute atomic E-state index is 0.0113. The summed E-state index contributed by atoms with van der Waals surface area (Å²) in [5.41, 5.74) is 2.69. The number of aliphatic hydroxyl groups is 1. The standard InChI is InChI=1S/C29H36N4O4/c1-20-19-22-7-5-6-8-24(22)33(20)23-11-9-21(10-12-23)25(34)31-15-17-32(18-16-31)26(35)29(13-14-29)30-27(36)37-28(2,3)4/h5-12,19,26,35H,13-18H2,1-4H3,(H,30,36). The predicted octanol–water partition coefficient (Wildman–Crippen LogP) is 4.07. The first-order chi connectivity index (χ1) is 17.6. The second-order valence-electron chi connectivity index (χ2n) is 11.2. The Labute approximate surface area is 217 Å². The number of hydrogen-bond donors (Lipinski definition) is 2. The molecular weight excluding hydrogens is 468 g/mol. The molecule has 0 spiro atoms. The van der Waals surface area contributed by atoms with E-state index in [-0.39, 0.29) is 5.91 Å². The SMILES string of the molecule is Cc1cc2ccccc2n1-c1ccc(C(=O)N2CCN(C(O)C3(NC(=O)OC(C)(C)C)CC3)CC2)cc1. The molecule has 37 heavy (non-hydrogen) atoms. The number of ether oxygens (including phenoxy) is 1. The highest BCUT2D eigenvalue weighted by Crippen LogP contribution is 2.40. The van der Waals surface area contributed by atoms with Crippen LogP contribution in [-0.2, 0) is 4.74 Å². The first-order valence-corrected chi connectivity index (χ1v) is 13.0. The van der Waals surface area contributed by atoms with Crippen LogP contribution in [0, 0.1) is 6.92 Å². The molecule has 8 heteroatoms. The number of aryl methyl sites for hydroxylation is 1. The molecule has 1 aliphatic carbocycles. The summed E-state index contributed by atoms with van der Waals surface area (Å²) in [7, 11) is 0. The third-order valence-corrected chi connectivity index (χ3v) is 7.25. The molecule has 196 valence electrons. The zero-order valence-corrected chi connectivity index (χ0v) is 22.0. The van der Waals surface area contributed by atoms with E-state index in [1.54, 1.807) is 0 Å². The van der Waals surface area contributed by atoms with Crippen molar-refractivity contribution in [3.63, 3.8) is 0 Å². The zero-order chi connectivity index (χ0) is 26.4. The lowest BCUT2D eigenvalue weighted by molar-refractivity contribution is -0.0534. The van der Waals surface area contributed by atoms with Gasteiger partial charge in [0.15, 0.2) is 0 Å². The van der Waals surface area contributed by atoms with E-state index in [1.807, 2.05) is 67.0 Å². The van der Waals surface area contributed by atoms with Gasteiger partial charge in [0.25, 0.3) is 5.91 Å². The molecule has 1 unspecified atom stereocenters. The summed E-state index contributed by atoms with van der Waals surface area (Å²) in [6.45, 7) is 9.64. The summed E-state index contributed by atoms with van der Waals surface area (Å²) in [6.07, 6.45) is 0.0880. The fourth-order valence-electron chi connectivity index (χ4n) is 5.18. The van der Waals surface area contributed by atoms with Gasteiger partial charge in [-0.1, -0.05) is 18.2 Å². The van der Waals surface area contributed by atoms with E-state index in [0.717, 1.165) is 16.9 Å². The number of benzene rings is 2. The molecule has 2 N–H and O–H groups in total. The van der Waals surface area contributed by atoms with Crippen molar-refractivity contribution in [2.24, 2.45) is 0 Å². The van der Waals surface area contributed by atoms with Crippen LogP contribution in [0.2, 0.25) is 0 Å². The van der Waals surface area contributed by atoms with Gasteiger partial charge >= 0.3 is 6.09 Å². The van der Waals surface area contributed by atoms with Crippen molar-refractivity contribution in [3.8, 4) is 5.69 Å². The quantitative estimate of drug-likeness (QED) is 0.547. The molecule has 5 rings (SSSR count). The number of hydrogen-bond acceptors (Lipinski definition) is 5. The maximum Gasteiger partial charge on any atom is 0.408 e. The highest BCUT2D eigenvalue weighted by atomic mass is 16.6. The maximum atomic E-state index is 13.2. The van der Waals surface area contributed by atoms with Crippen molar-refractivity contribution in [3.05, 3.63) is 65.9 Å². The molecule has 2 amide bonds. The Morgan fingerprint density at radius 3 is 2.27 bits per heavy atom. The number of piperazine rings is 1. The lowest BCUT2D eigenvalue weighted by Crippen LogP contribution is -2.59. The predicted molar refractivity (Wildman–Crippen MR) is 143 cm³/mol. The van der Waals surface area contributed by atoms with E-state index in [2.05, 4.69) is 35.0 Å². The van der Waals surface area contributed by atoms with Crippen molar-refractivity contribution in [1.29, 1.82) is 0 Å². The van der Waals surface area contributed by atoms with E-state index < -0.39 is 23.5 Å². The second-order valence-corrected chi connectivity index (χ2v) is 11.2. The zero-order valence-electron chi connectivity index (χ0n) is 22.0. The lowest BCUT2D eigenvalue weighted by atomic mass is 10.1. The third kappa shape index (κ3) is 5.22. The highest BCUT2D eigenvalue weighted by molar-refractivity contribution is 5.94. The molecule has 2 aromatic carbocycles. The Bertz CT molecular complexity index is 1300. The summed E-state index contributed by atoms with van der Waals surface area (Å²) in [5.74, 6) is -0.0113. The Hall–Kier alpha value is -3.36. The number of aliphatic hydroxyl groups excluding tert-OH is 1. The molecule has 0 radical (unpaired) electrons. The number of fused-ring (bicyclic) bond motifs is 1. The second kappa shape index (κ2) is 9.50. The number of para-hydroxylation sites is 1. The van der Waals surface area contributed by atoms with Crippen molar-refractivity contribution in [2.75, 3.05) is 26.2 Å². The Kier molecular flexibility index (Phi) is 6.50. The van der Waals surface area contributed by atoms with Crippen molar-refractivity contribution in [1.82, 2.24) is 19.7 Å². The monoisotopic (exact) mass is 504 g/mol. The van der Waals surface area contributed by atoms with Gasteiger partial charge in [0.2, 0.25) is 0 Å². The fourth-order valence-corrected chi connectivity index (χ4v) is 5.18. The van der Waals surface area contributed by atoms with Gasteiger partial charge in [-0.25, -0.2) is 4.79 Å². The summed E-state index contributed by atoms with van der Waals surface area (Å²) in [5, 5.41) is 15.1. The van der Waals surface area contributed by atoms with Crippen LogP contribution < -0.4 is 5.32 Å². The van der Waals surface area contributed by atoms with E-state index in [4.69, 9.17) is 4.74 Å². The molecule has 1 aliphatic heterocycles. The highest BCUT2D eigenvalue weighted by Gasteiger charge is 2.53. The Morgan fingerprint density at radius 2 is 1.65 bits per heavy atom. The number of rotatable bonds is 5. The Morgan fingerprint density at radius 1 is 1.00 bits per heavy atom. The fraction of sp³-hybridized carbons (Fsp3) is 0.448. The van der Waals surface area contributed by atoms with Crippen LogP contribution in [0.5, 0.6) is 0 Å². The van der Waals surface area contributed by atoms with Crippen molar-refractivity contribution in [2.45, 2.75) is 57.9 Å². The molecule has 2 heterocycles. The molecule has 1 saturated heterocycles. The molecular formula is C29H36N4O4. The molecule has 3 aromatic rings. The molecule has 1 aromatic heterocycles. The number of aromatic nitrogens is 1. The van der Waals surface area contributed by atoms with Gasteiger partial charge in [0, 0.05) is 48.5 Å². The van der Waals surface area contributed by atoms with Gasteiger partial charge in [0.05, 0.1) is 11.1 Å². The van der Waals surface area contributed by atoms with E-state index in [1.165, 1.54) is 5.39 Å². The summed E-state index contributed by atoms with van der Waals surface area (Å²) in [6, 6.07) is 18.2. The van der Waals surface area contributed by atoms with Crippen LogP contribution in [-0.4, -0.2) is 75.0 Å². The van der Waals surface area contributed by atoms with Gasteiger partial charge in [0.1, 0.15) is 11.8 Å². The number of carbonyl (C=O) groups is 2. The molecule has 1 saturated carbocycles. The lowest BCUT2D eigenvalue weighted by Gasteiger charge is -2.40. The number of nitrogens with one attached hydrogen (secondary N) is 1. The Balaban J connectivity index is 1.19. The number of nitrogens with zero attached hydrogens (tertiary/aromatic N) is 3. The van der Waals surface area contributed by atoms with Crippen LogP contribution >= 0.6 is 0 Å². The molecule has 0 bridgehead atoms. The smallest absolute Gasteiger partial charge is 0.408 e. The van der Waals surface area contributed by atoms with E-state index in [9.17, 15) is 14.7 Å². The van der Waals surface area contributed by atoms with Gasteiger partial charge in [-0.05, 0) is 76.9 Å². The third-order valence-electron chi connectivity index (χ3n) is 7.25. The summed E-state index contributed by atoms with van der Waals surface area (Å²) >= 11 is 0. The van der Waals surface area contributed by atoms with Gasteiger partial charge < -0.3 is 24.6 Å². The number of amides is 2. The maximum absolute atomic E-state index is 13.2. The van der Waals surface area contributed by atoms with E-state index >= 15 is 0 Å². The largest absolute Gasteiger partial charge is 0.444 e. The molecule has 2 fully saturated rings. The molecule has 1 atom stereocenters. The minimum Gasteiger partial charge on any atom is -0.444 e. The minimum atomic E-state index is -0.809. The van der Waals surface area contributed by atoms with Gasteiger partial charge in [-0.2, -0.15) is 0 Å². The van der Waals surface area contributed by atoms with Crippen molar-refractivity contribution < 1.29 is 19.4 Å². The normalized spacial score (nSPS) is 18.5. The van der Waals surface area contributed by atoms with E-state index in [0.29, 0.717) is 44.6 Å². The van der Waals surface area contributed by atoms with Crippen LogP contribution in [0.4, 0.5) is 4.79 Å². The van der Waals surface area contributed by atoms with Crippen LogP contribution in [0.25, 0.3) is 16.6 Å². The average molecular weight is 505 g/mol. The van der Waals surface area contributed by atoms with Crippen LogP contribution in [0.3, 0.4) is 0 Å². The number of carbonyl (C=O) groups excluding carboxylic acids is 2. The summed E-state index contributed by atoms with van der Waals surface area (Å²) < 4.78 is 7.57. The van der Waals surface area contributed by atoms with Crippen LogP contribution in [0.15, 0.2) is 54.6 Å². The topological polar surface area (TPSA) is 87.0 Å².